The van der Waals surface area contributed by atoms with Crippen molar-refractivity contribution in [2.24, 2.45) is 0 Å². The Morgan fingerprint density at radius 1 is 1.24 bits per heavy atom. The fourth-order valence-corrected chi connectivity index (χ4v) is 2.07. The minimum Gasteiger partial charge on any atom is -0.444 e. The van der Waals surface area contributed by atoms with Crippen LogP contribution in [0.3, 0.4) is 0 Å². The van der Waals surface area contributed by atoms with Crippen molar-refractivity contribution in [3.63, 3.8) is 0 Å². The van der Waals surface area contributed by atoms with Crippen LogP contribution in [-0.4, -0.2) is 4.92 Å². The average Bonchev–Trinajstić information content (AvgIpc) is 2.42. The third kappa shape index (κ3) is 3.36. The van der Waals surface area contributed by atoms with Crippen LogP contribution >= 0.6 is 15.9 Å². The van der Waals surface area contributed by atoms with E-state index in [1.807, 2.05) is 0 Å². The van der Waals surface area contributed by atoms with E-state index in [4.69, 9.17) is 4.74 Å². The summed E-state index contributed by atoms with van der Waals surface area (Å²) in [6.07, 6.45) is 0. The van der Waals surface area contributed by atoms with Crippen LogP contribution in [0.1, 0.15) is 11.1 Å². The molecule has 0 aromatic heterocycles. The van der Waals surface area contributed by atoms with Crippen LogP contribution in [-0.2, 0) is 5.33 Å². The van der Waals surface area contributed by atoms with Crippen LogP contribution in [0, 0.1) is 28.7 Å². The molecule has 0 amide bonds. The summed E-state index contributed by atoms with van der Waals surface area (Å²) >= 11 is 3.09. The minimum absolute atomic E-state index is 0.204. The van der Waals surface area contributed by atoms with E-state index in [0.29, 0.717) is 11.1 Å². The molecule has 0 unspecified atom stereocenters. The molecule has 0 radical (unpaired) electrons. The van der Waals surface area contributed by atoms with Gasteiger partial charge in [0.05, 0.1) is 4.92 Å². The van der Waals surface area contributed by atoms with Crippen LogP contribution in [0.4, 0.5) is 14.5 Å². The molecule has 2 rings (SSSR count). The highest BCUT2D eigenvalue weighted by Crippen LogP contribution is 2.35. The Labute approximate surface area is 127 Å². The monoisotopic (exact) mass is 357 g/mol. The standard InChI is InChI=1S/C14H10BrF2NO3/c1-8-2-3-12(18(19)20)13(4-8)21-14-10(16)5-9(7-15)6-11(14)17/h2-6H,7H2,1H3. The number of aryl methyl sites for hydroxylation is 1. The number of benzene rings is 2. The summed E-state index contributed by atoms with van der Waals surface area (Å²) in [6.45, 7) is 1.69. The van der Waals surface area contributed by atoms with Crippen molar-refractivity contribution in [3.8, 4) is 11.5 Å². The van der Waals surface area contributed by atoms with Gasteiger partial charge in [-0.1, -0.05) is 22.0 Å². The first-order valence-electron chi connectivity index (χ1n) is 5.89. The van der Waals surface area contributed by atoms with Crippen molar-refractivity contribution in [1.82, 2.24) is 0 Å². The van der Waals surface area contributed by atoms with Gasteiger partial charge in [0.2, 0.25) is 5.75 Å². The number of nitro groups is 1. The molecule has 0 aliphatic heterocycles. The Morgan fingerprint density at radius 2 is 1.86 bits per heavy atom. The normalized spacial score (nSPS) is 10.5. The van der Waals surface area contributed by atoms with Gasteiger partial charge < -0.3 is 4.74 Å². The number of halogens is 3. The van der Waals surface area contributed by atoms with E-state index in [2.05, 4.69) is 15.9 Å². The lowest BCUT2D eigenvalue weighted by molar-refractivity contribution is -0.385. The number of ether oxygens (including phenoxy) is 1. The molecule has 4 nitrogen and oxygen atoms in total. The molecular formula is C14H10BrF2NO3. The van der Waals surface area contributed by atoms with Gasteiger partial charge in [-0.2, -0.15) is 0 Å². The molecule has 0 saturated carbocycles. The third-order valence-electron chi connectivity index (χ3n) is 2.74. The van der Waals surface area contributed by atoms with E-state index >= 15 is 0 Å². The summed E-state index contributed by atoms with van der Waals surface area (Å²) in [6, 6.07) is 6.32. The quantitative estimate of drug-likeness (QED) is 0.445. The van der Waals surface area contributed by atoms with Gasteiger partial charge in [-0.05, 0) is 36.2 Å². The van der Waals surface area contributed by atoms with E-state index < -0.39 is 22.3 Å². The molecule has 0 aliphatic carbocycles. The molecule has 7 heteroatoms. The molecule has 0 heterocycles. The van der Waals surface area contributed by atoms with Crippen LogP contribution in [0.25, 0.3) is 0 Å². The van der Waals surface area contributed by atoms with Crippen molar-refractivity contribution < 1.29 is 18.4 Å². The van der Waals surface area contributed by atoms with Crippen molar-refractivity contribution in [3.05, 3.63) is 63.2 Å². The van der Waals surface area contributed by atoms with Gasteiger partial charge in [0.1, 0.15) is 0 Å². The summed E-state index contributed by atoms with van der Waals surface area (Å²) < 4.78 is 32.8. The van der Waals surface area contributed by atoms with Crippen LogP contribution in [0.2, 0.25) is 0 Å². The first-order chi connectivity index (χ1) is 9.92. The summed E-state index contributed by atoms with van der Waals surface area (Å²) in [5, 5.41) is 11.2. The molecular weight excluding hydrogens is 348 g/mol. The fourth-order valence-electron chi connectivity index (χ4n) is 1.75. The van der Waals surface area contributed by atoms with Crippen LogP contribution in [0.15, 0.2) is 30.3 Å². The van der Waals surface area contributed by atoms with E-state index in [-0.39, 0.29) is 16.8 Å². The topological polar surface area (TPSA) is 52.4 Å². The molecule has 0 N–H and O–H groups in total. The summed E-state index contributed by atoms with van der Waals surface area (Å²) in [7, 11) is 0. The number of alkyl halides is 1. The molecule has 0 atom stereocenters. The maximum Gasteiger partial charge on any atom is 0.311 e. The predicted molar refractivity (Wildman–Crippen MR) is 76.9 cm³/mol. The van der Waals surface area contributed by atoms with E-state index in [1.54, 1.807) is 6.92 Å². The highest BCUT2D eigenvalue weighted by Gasteiger charge is 2.20. The second kappa shape index (κ2) is 6.17. The molecule has 21 heavy (non-hydrogen) atoms. The zero-order valence-corrected chi connectivity index (χ0v) is 12.5. The smallest absolute Gasteiger partial charge is 0.311 e. The maximum absolute atomic E-state index is 13.9. The number of rotatable bonds is 4. The molecule has 110 valence electrons. The molecule has 2 aromatic rings. The van der Waals surface area contributed by atoms with Crippen molar-refractivity contribution in [2.75, 3.05) is 0 Å². The van der Waals surface area contributed by atoms with Gasteiger partial charge >= 0.3 is 5.69 Å². The van der Waals surface area contributed by atoms with Gasteiger partial charge in [-0.25, -0.2) is 8.78 Å². The van der Waals surface area contributed by atoms with Gasteiger partial charge in [-0.15, -0.1) is 0 Å². The van der Waals surface area contributed by atoms with Crippen molar-refractivity contribution in [1.29, 1.82) is 0 Å². The van der Waals surface area contributed by atoms with E-state index in [9.17, 15) is 18.9 Å². The first-order valence-corrected chi connectivity index (χ1v) is 7.01. The zero-order chi connectivity index (χ0) is 15.6. The average molecular weight is 358 g/mol. The number of nitro benzene ring substituents is 1. The number of hydrogen-bond donors (Lipinski definition) is 0. The molecule has 0 saturated heterocycles. The lowest BCUT2D eigenvalue weighted by Crippen LogP contribution is -1.98. The lowest BCUT2D eigenvalue weighted by atomic mass is 10.2. The predicted octanol–water partition coefficient (Wildman–Crippen LogP) is 4.87. The van der Waals surface area contributed by atoms with Gasteiger partial charge in [0.15, 0.2) is 17.4 Å². The molecule has 0 spiro atoms. The minimum atomic E-state index is -0.916. The Bertz CT molecular complexity index is 684. The Hall–Kier alpha value is -2.02. The number of nitrogens with zero attached hydrogens (tertiary/aromatic N) is 1. The molecule has 2 aromatic carbocycles. The highest BCUT2D eigenvalue weighted by atomic mass is 79.9. The Balaban J connectivity index is 2.48. The number of hydrogen-bond acceptors (Lipinski definition) is 3. The fraction of sp³-hybridized carbons (Fsp3) is 0.143. The third-order valence-corrected chi connectivity index (χ3v) is 3.38. The first kappa shape index (κ1) is 15.4. The van der Waals surface area contributed by atoms with E-state index in [0.717, 1.165) is 12.1 Å². The van der Waals surface area contributed by atoms with Gasteiger partial charge in [-0.3, -0.25) is 10.1 Å². The highest BCUT2D eigenvalue weighted by molar-refractivity contribution is 9.08. The summed E-state index contributed by atoms with van der Waals surface area (Å²) in [4.78, 5) is 10.3. The van der Waals surface area contributed by atoms with Crippen LogP contribution in [0.5, 0.6) is 11.5 Å². The molecule has 0 aliphatic rings. The van der Waals surface area contributed by atoms with Crippen LogP contribution < -0.4 is 4.74 Å². The molecule has 0 bridgehead atoms. The molecule has 0 fully saturated rings. The summed E-state index contributed by atoms with van der Waals surface area (Å²) in [5.74, 6) is -2.70. The van der Waals surface area contributed by atoms with Gasteiger partial charge in [0, 0.05) is 11.4 Å². The van der Waals surface area contributed by atoms with Gasteiger partial charge in [0.25, 0.3) is 0 Å². The summed E-state index contributed by atoms with van der Waals surface area (Å²) in [5.41, 5.74) is 0.716. The Morgan fingerprint density at radius 3 is 2.38 bits per heavy atom. The second-order valence-electron chi connectivity index (χ2n) is 4.35. The maximum atomic E-state index is 13.9. The SMILES string of the molecule is Cc1ccc([N+](=O)[O-])c(Oc2c(F)cc(CBr)cc2F)c1. The Kier molecular flexibility index (Phi) is 4.52. The van der Waals surface area contributed by atoms with Crippen molar-refractivity contribution in [2.45, 2.75) is 12.3 Å². The van der Waals surface area contributed by atoms with Crippen molar-refractivity contribution >= 4 is 21.6 Å². The van der Waals surface area contributed by atoms with E-state index in [1.165, 1.54) is 18.2 Å². The lowest BCUT2D eigenvalue weighted by Gasteiger charge is -2.10. The zero-order valence-electron chi connectivity index (χ0n) is 10.9. The largest absolute Gasteiger partial charge is 0.444 e. The second-order valence-corrected chi connectivity index (χ2v) is 4.91.